The van der Waals surface area contributed by atoms with Crippen molar-refractivity contribution in [1.82, 2.24) is 4.90 Å². The van der Waals surface area contributed by atoms with Gasteiger partial charge in [0.1, 0.15) is 0 Å². The minimum Gasteiger partial charge on any atom is -0.330 e. The van der Waals surface area contributed by atoms with Gasteiger partial charge in [0.25, 0.3) is 5.91 Å². The predicted molar refractivity (Wildman–Crippen MR) is 96.1 cm³/mol. The van der Waals surface area contributed by atoms with Gasteiger partial charge in [0.15, 0.2) is 0 Å². The highest BCUT2D eigenvalue weighted by Crippen LogP contribution is 2.26. The third kappa shape index (κ3) is 4.42. The highest BCUT2D eigenvalue weighted by Gasteiger charge is 2.18. The van der Waals surface area contributed by atoms with E-state index in [-0.39, 0.29) is 5.91 Å². The molecule has 0 fully saturated rings. The van der Waals surface area contributed by atoms with Crippen LogP contribution in [0.25, 0.3) is 0 Å². The summed E-state index contributed by atoms with van der Waals surface area (Å²) in [5.41, 5.74) is 0.619. The number of benzene rings is 1. The average molecular weight is 450 g/mol. The van der Waals surface area contributed by atoms with Gasteiger partial charge in [0.05, 0.1) is 16.4 Å². The number of carbonyl (C=O) groups is 1. The molecule has 0 atom stereocenters. The zero-order chi connectivity index (χ0) is 15.4. The molecule has 0 aliphatic carbocycles. The van der Waals surface area contributed by atoms with Crippen LogP contribution in [-0.2, 0) is 6.54 Å². The summed E-state index contributed by atoms with van der Waals surface area (Å²) in [5, 5.41) is 0. The maximum atomic E-state index is 12.7. The van der Waals surface area contributed by atoms with Gasteiger partial charge in [-0.15, -0.1) is 17.9 Å². The van der Waals surface area contributed by atoms with Crippen LogP contribution in [0.15, 0.2) is 51.9 Å². The molecule has 0 aliphatic heterocycles. The molecule has 6 heteroatoms. The van der Waals surface area contributed by atoms with E-state index in [9.17, 15) is 4.79 Å². The number of amides is 1. The maximum absolute atomic E-state index is 12.7. The van der Waals surface area contributed by atoms with Crippen molar-refractivity contribution in [2.75, 3.05) is 6.54 Å². The predicted octanol–water partition coefficient (Wildman–Crippen LogP) is 5.75. The van der Waals surface area contributed by atoms with Gasteiger partial charge >= 0.3 is 0 Å². The Balaban J connectivity index is 2.26. The first-order valence-electron chi connectivity index (χ1n) is 6.10. The summed E-state index contributed by atoms with van der Waals surface area (Å²) >= 11 is 14.2. The summed E-state index contributed by atoms with van der Waals surface area (Å²) in [6.07, 6.45) is 1.72. The normalized spacial score (nSPS) is 10.4. The zero-order valence-electron chi connectivity index (χ0n) is 11.0. The molecule has 1 aromatic carbocycles. The summed E-state index contributed by atoms with van der Waals surface area (Å²) in [6, 6.07) is 9.33. The Hall–Kier alpha value is -0.620. The molecule has 0 unspecified atom stereocenters. The Bertz CT molecular complexity index is 671. The second-order valence-electron chi connectivity index (χ2n) is 4.30. The number of hydrogen-bond acceptors (Lipinski definition) is 2. The first-order chi connectivity index (χ1) is 10.0. The number of hydrogen-bond donors (Lipinski definition) is 0. The minimum atomic E-state index is -0.0485. The van der Waals surface area contributed by atoms with Crippen LogP contribution < -0.4 is 0 Å². The van der Waals surface area contributed by atoms with Gasteiger partial charge in [-0.1, -0.05) is 33.6 Å². The Labute approximate surface area is 149 Å². The fourth-order valence-corrected chi connectivity index (χ4v) is 3.71. The van der Waals surface area contributed by atoms with Crippen LogP contribution in [0, 0.1) is 0 Å². The van der Waals surface area contributed by atoms with Crippen LogP contribution in [-0.4, -0.2) is 17.4 Å². The maximum Gasteiger partial charge on any atom is 0.255 e. The van der Waals surface area contributed by atoms with Crippen molar-refractivity contribution in [3.05, 3.63) is 66.7 Å². The molecule has 1 aromatic heterocycles. The summed E-state index contributed by atoms with van der Waals surface area (Å²) in [5.74, 6) is -0.0485. The van der Waals surface area contributed by atoms with Crippen LogP contribution in [0.3, 0.4) is 0 Å². The van der Waals surface area contributed by atoms with Crippen LogP contribution >= 0.6 is 54.8 Å². The van der Waals surface area contributed by atoms with Crippen LogP contribution in [0.2, 0.25) is 4.34 Å². The third-order valence-corrected chi connectivity index (χ3v) is 5.17. The van der Waals surface area contributed by atoms with Gasteiger partial charge in [-0.25, -0.2) is 0 Å². The lowest BCUT2D eigenvalue weighted by Gasteiger charge is -2.21. The van der Waals surface area contributed by atoms with E-state index in [0.29, 0.717) is 18.7 Å². The first kappa shape index (κ1) is 16.7. The summed E-state index contributed by atoms with van der Waals surface area (Å²) in [7, 11) is 0. The third-order valence-electron chi connectivity index (χ3n) is 2.77. The standard InChI is InChI=1S/C15H12Br2ClNOS/c1-2-7-19(9-11-4-6-14(18)21-11)15(20)12-8-10(16)3-5-13(12)17/h2-6,8H,1,7,9H2. The van der Waals surface area contributed by atoms with Crippen molar-refractivity contribution < 1.29 is 4.79 Å². The lowest BCUT2D eigenvalue weighted by molar-refractivity contribution is 0.0763. The molecule has 1 heterocycles. The smallest absolute Gasteiger partial charge is 0.255 e. The SMILES string of the molecule is C=CCN(Cc1ccc(Cl)s1)C(=O)c1cc(Br)ccc1Br. The van der Waals surface area contributed by atoms with Gasteiger partial charge in [-0.05, 0) is 46.3 Å². The first-order valence-corrected chi connectivity index (χ1v) is 8.88. The van der Waals surface area contributed by atoms with E-state index in [4.69, 9.17) is 11.6 Å². The molecule has 0 aliphatic rings. The topological polar surface area (TPSA) is 20.3 Å². The Kier molecular flexibility index (Phi) is 6.05. The van der Waals surface area contributed by atoms with E-state index < -0.39 is 0 Å². The highest BCUT2D eigenvalue weighted by molar-refractivity contribution is 9.11. The summed E-state index contributed by atoms with van der Waals surface area (Å²) < 4.78 is 2.36. The van der Waals surface area contributed by atoms with Crippen LogP contribution in [0.4, 0.5) is 0 Å². The van der Waals surface area contributed by atoms with Crippen molar-refractivity contribution in [3.8, 4) is 0 Å². The van der Waals surface area contributed by atoms with Crippen molar-refractivity contribution in [3.63, 3.8) is 0 Å². The Morgan fingerprint density at radius 2 is 2.10 bits per heavy atom. The molecule has 0 saturated heterocycles. The van der Waals surface area contributed by atoms with Crippen molar-refractivity contribution >= 4 is 60.7 Å². The molecule has 0 N–H and O–H groups in total. The Morgan fingerprint density at radius 3 is 2.71 bits per heavy atom. The molecule has 2 rings (SSSR count). The van der Waals surface area contributed by atoms with E-state index in [0.717, 1.165) is 18.2 Å². The Morgan fingerprint density at radius 1 is 1.33 bits per heavy atom. The van der Waals surface area contributed by atoms with Crippen LogP contribution in [0.5, 0.6) is 0 Å². The molecular weight excluding hydrogens is 437 g/mol. The van der Waals surface area contributed by atoms with E-state index in [1.165, 1.54) is 11.3 Å². The highest BCUT2D eigenvalue weighted by atomic mass is 79.9. The van der Waals surface area contributed by atoms with E-state index in [1.807, 2.05) is 30.3 Å². The second-order valence-corrected chi connectivity index (χ2v) is 7.87. The fourth-order valence-electron chi connectivity index (χ4n) is 1.83. The molecular formula is C15H12Br2ClNOS. The lowest BCUT2D eigenvalue weighted by atomic mass is 10.2. The number of halogens is 3. The molecule has 1 amide bonds. The fraction of sp³-hybridized carbons (Fsp3) is 0.133. The molecule has 0 saturated carbocycles. The van der Waals surface area contributed by atoms with Crippen molar-refractivity contribution in [2.45, 2.75) is 6.54 Å². The number of carbonyl (C=O) groups excluding carboxylic acids is 1. The quantitative estimate of drug-likeness (QED) is 0.532. The molecule has 0 radical (unpaired) electrons. The molecule has 0 spiro atoms. The second kappa shape index (κ2) is 7.58. The van der Waals surface area contributed by atoms with E-state index in [1.54, 1.807) is 11.0 Å². The van der Waals surface area contributed by atoms with Crippen molar-refractivity contribution in [1.29, 1.82) is 0 Å². The lowest BCUT2D eigenvalue weighted by Crippen LogP contribution is -2.30. The molecule has 2 nitrogen and oxygen atoms in total. The van der Waals surface area contributed by atoms with E-state index >= 15 is 0 Å². The summed E-state index contributed by atoms with van der Waals surface area (Å²) in [4.78, 5) is 15.5. The largest absolute Gasteiger partial charge is 0.330 e. The summed E-state index contributed by atoms with van der Waals surface area (Å²) in [6.45, 7) is 4.72. The van der Waals surface area contributed by atoms with E-state index in [2.05, 4.69) is 38.4 Å². The van der Waals surface area contributed by atoms with Crippen LogP contribution in [0.1, 0.15) is 15.2 Å². The average Bonchev–Trinajstić information content (AvgIpc) is 2.86. The molecule has 110 valence electrons. The molecule has 21 heavy (non-hydrogen) atoms. The number of thiophene rings is 1. The zero-order valence-corrected chi connectivity index (χ0v) is 15.7. The van der Waals surface area contributed by atoms with Gasteiger partial charge in [0.2, 0.25) is 0 Å². The van der Waals surface area contributed by atoms with Gasteiger partial charge in [0, 0.05) is 20.4 Å². The monoisotopic (exact) mass is 447 g/mol. The number of nitrogens with zero attached hydrogens (tertiary/aromatic N) is 1. The van der Waals surface area contributed by atoms with Gasteiger partial charge in [-0.2, -0.15) is 0 Å². The van der Waals surface area contributed by atoms with Gasteiger partial charge < -0.3 is 4.90 Å². The molecule has 0 bridgehead atoms. The van der Waals surface area contributed by atoms with Crippen molar-refractivity contribution in [2.24, 2.45) is 0 Å². The minimum absolute atomic E-state index is 0.0485. The number of rotatable bonds is 5. The van der Waals surface area contributed by atoms with Gasteiger partial charge in [-0.3, -0.25) is 4.79 Å². The molecule has 2 aromatic rings.